The van der Waals surface area contributed by atoms with Gasteiger partial charge in [-0.3, -0.25) is 19.8 Å². The van der Waals surface area contributed by atoms with E-state index in [-0.39, 0.29) is 11.6 Å². The Morgan fingerprint density at radius 3 is 2.27 bits per heavy atom. The van der Waals surface area contributed by atoms with Gasteiger partial charge in [-0.1, -0.05) is 42.5 Å². The van der Waals surface area contributed by atoms with Gasteiger partial charge in [0.25, 0.3) is 11.6 Å². The lowest BCUT2D eigenvalue weighted by Gasteiger charge is -2.20. The van der Waals surface area contributed by atoms with Crippen LogP contribution in [0.2, 0.25) is 0 Å². The number of furan rings is 1. The lowest BCUT2D eigenvalue weighted by Crippen LogP contribution is -2.24. The lowest BCUT2D eigenvalue weighted by atomic mass is 10.1. The van der Waals surface area contributed by atoms with E-state index in [0.29, 0.717) is 34.0 Å². The molecule has 0 atom stereocenters. The minimum atomic E-state index is -0.480. The molecule has 0 N–H and O–H groups in total. The topological polar surface area (TPSA) is 103 Å². The molecule has 0 saturated carbocycles. The molecule has 4 aromatic rings. The largest absolute Gasteiger partial charge is 0.465 e. The number of anilines is 1. The van der Waals surface area contributed by atoms with Crippen LogP contribution in [0.5, 0.6) is 0 Å². The SMILES string of the molecule is COC(=O)c1ccc(-c2ccc(/C=C3\C=C(c4ccccc4)N(c4ccc([N+](=O)[O-])cc4)C3=O)o2)cc1. The fourth-order valence-electron chi connectivity index (χ4n) is 4.04. The molecule has 2 heterocycles. The lowest BCUT2D eigenvalue weighted by molar-refractivity contribution is -0.384. The molecule has 1 amide bonds. The van der Waals surface area contributed by atoms with Gasteiger partial charge in [-0.2, -0.15) is 0 Å². The smallest absolute Gasteiger partial charge is 0.337 e. The van der Waals surface area contributed by atoms with Gasteiger partial charge in [0, 0.05) is 29.0 Å². The van der Waals surface area contributed by atoms with E-state index in [1.807, 2.05) is 30.3 Å². The third-order valence-electron chi connectivity index (χ3n) is 5.89. The quantitative estimate of drug-likeness (QED) is 0.139. The van der Waals surface area contributed by atoms with Crippen molar-refractivity contribution >= 4 is 35.0 Å². The van der Waals surface area contributed by atoms with Crippen LogP contribution in [0.15, 0.2) is 107 Å². The normalized spacial score (nSPS) is 14.1. The third kappa shape index (κ3) is 4.68. The zero-order valence-electron chi connectivity index (χ0n) is 19.7. The summed E-state index contributed by atoms with van der Waals surface area (Å²) in [6, 6.07) is 25.6. The van der Waals surface area contributed by atoms with Crippen molar-refractivity contribution in [1.82, 2.24) is 0 Å². The summed E-state index contributed by atoms with van der Waals surface area (Å²) in [5, 5.41) is 11.1. The van der Waals surface area contributed by atoms with E-state index in [0.717, 1.165) is 11.1 Å². The molecule has 0 fully saturated rings. The summed E-state index contributed by atoms with van der Waals surface area (Å²) in [6.45, 7) is 0. The van der Waals surface area contributed by atoms with E-state index in [4.69, 9.17) is 9.15 Å². The van der Waals surface area contributed by atoms with Gasteiger partial charge in [0.05, 0.1) is 23.3 Å². The number of methoxy groups -OCH3 is 1. The zero-order chi connectivity index (χ0) is 25.9. The van der Waals surface area contributed by atoms with Gasteiger partial charge < -0.3 is 9.15 Å². The monoisotopic (exact) mass is 492 g/mol. The number of carbonyl (C=O) groups excluding carboxylic acids is 2. The highest BCUT2D eigenvalue weighted by molar-refractivity contribution is 6.23. The Morgan fingerprint density at radius 1 is 0.919 bits per heavy atom. The maximum atomic E-state index is 13.5. The molecule has 0 bridgehead atoms. The molecule has 8 nitrogen and oxygen atoms in total. The summed E-state index contributed by atoms with van der Waals surface area (Å²) in [5.74, 6) is 0.348. The Bertz CT molecular complexity index is 1550. The highest BCUT2D eigenvalue weighted by atomic mass is 16.6. The fourth-order valence-corrected chi connectivity index (χ4v) is 4.04. The molecule has 1 aromatic heterocycles. The maximum Gasteiger partial charge on any atom is 0.337 e. The first-order valence-corrected chi connectivity index (χ1v) is 11.3. The number of esters is 1. The molecule has 0 aliphatic carbocycles. The van der Waals surface area contributed by atoms with Crippen LogP contribution in [0.3, 0.4) is 0 Å². The molecular weight excluding hydrogens is 472 g/mol. The van der Waals surface area contributed by atoms with Crippen LogP contribution in [-0.2, 0) is 9.53 Å². The molecular formula is C29H20N2O6. The average molecular weight is 492 g/mol. The van der Waals surface area contributed by atoms with E-state index < -0.39 is 10.9 Å². The predicted molar refractivity (Wildman–Crippen MR) is 138 cm³/mol. The Hall–Kier alpha value is -5.24. The highest BCUT2D eigenvalue weighted by Crippen LogP contribution is 2.36. The second kappa shape index (κ2) is 9.79. The standard InChI is InChI=1S/C29H20N2O6/c1-36-29(33)21-9-7-20(8-10-21)27-16-15-25(37-27)17-22-18-26(19-5-3-2-4-6-19)30(28(22)32)23-11-13-24(14-12-23)31(34)35/h2-18H,1H3/b22-17+. The number of hydrogen-bond acceptors (Lipinski definition) is 6. The van der Waals surface area contributed by atoms with E-state index in [1.54, 1.807) is 60.7 Å². The van der Waals surface area contributed by atoms with Crippen molar-refractivity contribution in [2.24, 2.45) is 0 Å². The van der Waals surface area contributed by atoms with Crippen molar-refractivity contribution < 1.29 is 23.7 Å². The van der Waals surface area contributed by atoms with Crippen molar-refractivity contribution in [3.05, 3.63) is 130 Å². The Kier molecular flexibility index (Phi) is 6.22. The first-order chi connectivity index (χ1) is 17.9. The number of carbonyl (C=O) groups is 2. The second-order valence-electron chi connectivity index (χ2n) is 8.18. The number of hydrogen-bond donors (Lipinski definition) is 0. The summed E-state index contributed by atoms with van der Waals surface area (Å²) in [5.41, 5.74) is 3.53. The molecule has 0 radical (unpaired) electrons. The van der Waals surface area contributed by atoms with Crippen molar-refractivity contribution in [3.63, 3.8) is 0 Å². The maximum absolute atomic E-state index is 13.5. The first kappa shape index (κ1) is 23.5. The van der Waals surface area contributed by atoms with Crippen molar-refractivity contribution in [2.75, 3.05) is 12.0 Å². The number of benzene rings is 3. The van der Waals surface area contributed by atoms with Crippen LogP contribution in [0, 0.1) is 10.1 Å². The number of nitrogens with zero attached hydrogens (tertiary/aromatic N) is 2. The van der Waals surface area contributed by atoms with Crippen LogP contribution in [0.1, 0.15) is 21.7 Å². The van der Waals surface area contributed by atoms with Gasteiger partial charge in [0.2, 0.25) is 0 Å². The number of non-ortho nitro benzene ring substituents is 1. The minimum Gasteiger partial charge on any atom is -0.465 e. The zero-order valence-corrected chi connectivity index (χ0v) is 19.7. The van der Waals surface area contributed by atoms with Crippen molar-refractivity contribution in [3.8, 4) is 11.3 Å². The average Bonchev–Trinajstić information content (AvgIpc) is 3.53. The molecule has 5 rings (SSSR count). The van der Waals surface area contributed by atoms with Gasteiger partial charge in [0.1, 0.15) is 11.5 Å². The van der Waals surface area contributed by atoms with Gasteiger partial charge in [-0.25, -0.2) is 4.79 Å². The summed E-state index contributed by atoms with van der Waals surface area (Å²) in [4.78, 5) is 37.3. The highest BCUT2D eigenvalue weighted by Gasteiger charge is 2.31. The molecule has 8 heteroatoms. The molecule has 0 spiro atoms. The number of amides is 1. The Labute approximate surface area is 211 Å². The summed E-state index contributed by atoms with van der Waals surface area (Å²) < 4.78 is 10.7. The van der Waals surface area contributed by atoms with Crippen LogP contribution in [0.4, 0.5) is 11.4 Å². The van der Waals surface area contributed by atoms with E-state index in [2.05, 4.69) is 0 Å². The molecule has 37 heavy (non-hydrogen) atoms. The van der Waals surface area contributed by atoms with E-state index in [1.165, 1.54) is 24.1 Å². The minimum absolute atomic E-state index is 0.0564. The fraction of sp³-hybridized carbons (Fsp3) is 0.0345. The summed E-state index contributed by atoms with van der Waals surface area (Å²) >= 11 is 0. The number of rotatable bonds is 6. The van der Waals surface area contributed by atoms with E-state index >= 15 is 0 Å². The number of nitro groups is 1. The van der Waals surface area contributed by atoms with Gasteiger partial charge in [-0.05, 0) is 54.1 Å². The summed E-state index contributed by atoms with van der Waals surface area (Å²) in [7, 11) is 1.33. The molecule has 0 saturated heterocycles. The van der Waals surface area contributed by atoms with E-state index in [9.17, 15) is 19.7 Å². The number of ether oxygens (including phenoxy) is 1. The van der Waals surface area contributed by atoms with Crippen molar-refractivity contribution in [1.29, 1.82) is 0 Å². The molecule has 1 aliphatic rings. The third-order valence-corrected chi connectivity index (χ3v) is 5.89. The van der Waals surface area contributed by atoms with Gasteiger partial charge in [0.15, 0.2) is 0 Å². The molecule has 182 valence electrons. The van der Waals surface area contributed by atoms with Crippen LogP contribution < -0.4 is 4.90 Å². The summed E-state index contributed by atoms with van der Waals surface area (Å²) in [6.07, 6.45) is 3.43. The van der Waals surface area contributed by atoms with Gasteiger partial charge in [-0.15, -0.1) is 0 Å². The second-order valence-corrected chi connectivity index (χ2v) is 8.18. The van der Waals surface area contributed by atoms with Crippen LogP contribution >= 0.6 is 0 Å². The van der Waals surface area contributed by atoms with Crippen LogP contribution in [-0.4, -0.2) is 23.9 Å². The van der Waals surface area contributed by atoms with Gasteiger partial charge >= 0.3 is 5.97 Å². The Balaban J connectivity index is 1.48. The molecule has 3 aromatic carbocycles. The Morgan fingerprint density at radius 2 is 1.62 bits per heavy atom. The number of nitro benzene ring substituents is 1. The molecule has 0 unspecified atom stereocenters. The predicted octanol–water partition coefficient (Wildman–Crippen LogP) is 6.11. The first-order valence-electron chi connectivity index (χ1n) is 11.3. The molecule has 1 aliphatic heterocycles. The van der Waals surface area contributed by atoms with Crippen LogP contribution in [0.25, 0.3) is 23.1 Å². The van der Waals surface area contributed by atoms with Crippen molar-refractivity contribution in [2.45, 2.75) is 0 Å².